The van der Waals surface area contributed by atoms with Crippen LogP contribution in [0, 0.1) is 10.1 Å². The standard InChI is InChI=1S/C18H17NO2/c1-2-8-16(14-13-15-9-4-3-5-10-15)17-11-6-7-12-18(17)19(20)21/h3-14H,2H2,1H3. The van der Waals surface area contributed by atoms with Crippen LogP contribution in [-0.4, -0.2) is 4.92 Å². The maximum atomic E-state index is 11.2. The van der Waals surface area contributed by atoms with Crippen LogP contribution in [0.25, 0.3) is 11.6 Å². The minimum absolute atomic E-state index is 0.134. The van der Waals surface area contributed by atoms with Gasteiger partial charge in [-0.05, 0) is 23.6 Å². The summed E-state index contributed by atoms with van der Waals surface area (Å²) in [5.41, 5.74) is 2.72. The van der Waals surface area contributed by atoms with E-state index < -0.39 is 0 Å². The van der Waals surface area contributed by atoms with Crippen LogP contribution < -0.4 is 0 Å². The highest BCUT2D eigenvalue weighted by Crippen LogP contribution is 2.27. The highest BCUT2D eigenvalue weighted by atomic mass is 16.6. The number of nitro benzene ring substituents is 1. The highest BCUT2D eigenvalue weighted by molar-refractivity contribution is 5.83. The van der Waals surface area contributed by atoms with Gasteiger partial charge in [0.25, 0.3) is 5.69 Å². The molecule has 0 fully saturated rings. The average molecular weight is 279 g/mol. The van der Waals surface area contributed by atoms with E-state index in [1.165, 1.54) is 6.07 Å². The van der Waals surface area contributed by atoms with E-state index in [2.05, 4.69) is 0 Å². The number of rotatable bonds is 5. The molecule has 2 aromatic rings. The molecule has 3 heteroatoms. The summed E-state index contributed by atoms with van der Waals surface area (Å²) in [6.07, 6.45) is 6.72. The Morgan fingerprint density at radius 3 is 2.43 bits per heavy atom. The molecular formula is C18H17NO2. The zero-order valence-electron chi connectivity index (χ0n) is 11.9. The molecule has 0 heterocycles. The molecule has 0 spiro atoms. The van der Waals surface area contributed by atoms with Gasteiger partial charge in [0.1, 0.15) is 0 Å². The summed E-state index contributed by atoms with van der Waals surface area (Å²) in [5, 5.41) is 11.2. The largest absolute Gasteiger partial charge is 0.277 e. The van der Waals surface area contributed by atoms with Crippen molar-refractivity contribution in [2.75, 3.05) is 0 Å². The highest BCUT2D eigenvalue weighted by Gasteiger charge is 2.14. The quantitative estimate of drug-likeness (QED) is 0.434. The minimum atomic E-state index is -0.338. The SMILES string of the molecule is CCC=C(C=Cc1ccccc1)c1ccccc1[N+](=O)[O-]. The van der Waals surface area contributed by atoms with Gasteiger partial charge in [0.15, 0.2) is 0 Å². The number of hydrogen-bond acceptors (Lipinski definition) is 2. The van der Waals surface area contributed by atoms with Crippen molar-refractivity contribution in [1.82, 2.24) is 0 Å². The summed E-state index contributed by atoms with van der Waals surface area (Å²) in [6.45, 7) is 2.02. The van der Waals surface area contributed by atoms with Crippen molar-refractivity contribution in [3.63, 3.8) is 0 Å². The van der Waals surface area contributed by atoms with Gasteiger partial charge in [-0.15, -0.1) is 0 Å². The van der Waals surface area contributed by atoms with Gasteiger partial charge in [0.05, 0.1) is 10.5 Å². The van der Waals surface area contributed by atoms with Crippen molar-refractivity contribution in [1.29, 1.82) is 0 Å². The van der Waals surface area contributed by atoms with Crippen molar-refractivity contribution in [3.05, 3.63) is 88.0 Å². The lowest BCUT2D eigenvalue weighted by Crippen LogP contribution is -1.93. The van der Waals surface area contributed by atoms with E-state index in [4.69, 9.17) is 0 Å². The third-order valence-electron chi connectivity index (χ3n) is 3.09. The van der Waals surface area contributed by atoms with E-state index in [-0.39, 0.29) is 10.6 Å². The third-order valence-corrected chi connectivity index (χ3v) is 3.09. The summed E-state index contributed by atoms with van der Waals surface area (Å²) >= 11 is 0. The first kappa shape index (κ1) is 14.7. The van der Waals surface area contributed by atoms with Crippen LogP contribution in [0.5, 0.6) is 0 Å². The fourth-order valence-corrected chi connectivity index (χ4v) is 2.11. The Bertz CT molecular complexity index is 673. The minimum Gasteiger partial charge on any atom is -0.258 e. The van der Waals surface area contributed by atoms with Gasteiger partial charge in [0.2, 0.25) is 0 Å². The fourth-order valence-electron chi connectivity index (χ4n) is 2.11. The number of para-hydroxylation sites is 1. The molecule has 2 aromatic carbocycles. The maximum absolute atomic E-state index is 11.2. The second kappa shape index (κ2) is 7.20. The summed E-state index contributed by atoms with van der Waals surface area (Å²) in [6, 6.07) is 16.7. The monoisotopic (exact) mass is 279 g/mol. The van der Waals surface area contributed by atoms with Gasteiger partial charge in [0, 0.05) is 6.07 Å². The van der Waals surface area contributed by atoms with Crippen LogP contribution in [0.1, 0.15) is 24.5 Å². The summed E-state index contributed by atoms with van der Waals surface area (Å²) < 4.78 is 0. The van der Waals surface area contributed by atoms with Gasteiger partial charge in [-0.2, -0.15) is 0 Å². The Morgan fingerprint density at radius 1 is 1.10 bits per heavy atom. The van der Waals surface area contributed by atoms with Crippen LogP contribution in [0.4, 0.5) is 5.69 Å². The number of nitro groups is 1. The molecule has 0 bridgehead atoms. The van der Waals surface area contributed by atoms with Gasteiger partial charge >= 0.3 is 0 Å². The van der Waals surface area contributed by atoms with Crippen LogP contribution in [0.15, 0.2) is 66.7 Å². The van der Waals surface area contributed by atoms with Crippen LogP contribution in [0.3, 0.4) is 0 Å². The Balaban J connectivity index is 2.39. The topological polar surface area (TPSA) is 43.1 Å². The Labute approximate surface area is 124 Å². The van der Waals surface area contributed by atoms with Crippen molar-refractivity contribution >= 4 is 17.3 Å². The summed E-state index contributed by atoms with van der Waals surface area (Å²) in [7, 11) is 0. The van der Waals surface area contributed by atoms with E-state index in [1.807, 2.05) is 61.5 Å². The molecule has 0 aliphatic heterocycles. The molecule has 3 nitrogen and oxygen atoms in total. The second-order valence-electron chi connectivity index (χ2n) is 4.59. The maximum Gasteiger partial charge on any atom is 0.277 e. The molecule has 0 saturated heterocycles. The van der Waals surface area contributed by atoms with E-state index in [0.717, 1.165) is 17.6 Å². The molecule has 0 aliphatic rings. The van der Waals surface area contributed by atoms with Crippen LogP contribution in [-0.2, 0) is 0 Å². The molecule has 106 valence electrons. The Morgan fingerprint density at radius 2 is 1.76 bits per heavy atom. The van der Waals surface area contributed by atoms with Crippen LogP contribution in [0.2, 0.25) is 0 Å². The lowest BCUT2D eigenvalue weighted by molar-refractivity contribution is -0.385. The molecule has 0 aliphatic carbocycles. The van der Waals surface area contributed by atoms with E-state index >= 15 is 0 Å². The summed E-state index contributed by atoms with van der Waals surface area (Å²) in [5.74, 6) is 0. The molecule has 0 atom stereocenters. The molecule has 0 saturated carbocycles. The predicted octanol–water partition coefficient (Wildman–Crippen LogP) is 5.10. The van der Waals surface area contributed by atoms with Gasteiger partial charge in [-0.3, -0.25) is 10.1 Å². The van der Waals surface area contributed by atoms with Gasteiger partial charge in [-0.25, -0.2) is 0 Å². The lowest BCUT2D eigenvalue weighted by Gasteiger charge is -2.04. The van der Waals surface area contributed by atoms with Crippen molar-refractivity contribution < 1.29 is 4.92 Å². The third kappa shape index (κ3) is 3.89. The van der Waals surface area contributed by atoms with E-state index in [1.54, 1.807) is 12.1 Å². The number of allylic oxidation sites excluding steroid dienone is 3. The number of benzene rings is 2. The number of nitrogens with zero attached hydrogens (tertiary/aromatic N) is 1. The molecule has 0 N–H and O–H groups in total. The normalized spacial score (nSPS) is 11.8. The van der Waals surface area contributed by atoms with Crippen molar-refractivity contribution in [2.24, 2.45) is 0 Å². The van der Waals surface area contributed by atoms with Crippen LogP contribution >= 0.6 is 0 Å². The Kier molecular flexibility index (Phi) is 5.04. The van der Waals surface area contributed by atoms with E-state index in [9.17, 15) is 10.1 Å². The van der Waals surface area contributed by atoms with E-state index in [0.29, 0.717) is 5.56 Å². The molecule has 0 amide bonds. The average Bonchev–Trinajstić information content (AvgIpc) is 2.52. The first-order valence-corrected chi connectivity index (χ1v) is 6.89. The predicted molar refractivity (Wildman–Crippen MR) is 86.8 cm³/mol. The molecule has 0 radical (unpaired) electrons. The molecular weight excluding hydrogens is 262 g/mol. The zero-order valence-corrected chi connectivity index (χ0v) is 11.9. The summed E-state index contributed by atoms with van der Waals surface area (Å²) in [4.78, 5) is 10.8. The van der Waals surface area contributed by atoms with Gasteiger partial charge in [-0.1, -0.05) is 67.6 Å². The van der Waals surface area contributed by atoms with Crippen molar-refractivity contribution in [3.8, 4) is 0 Å². The second-order valence-corrected chi connectivity index (χ2v) is 4.59. The lowest BCUT2D eigenvalue weighted by atomic mass is 10.0. The molecule has 0 aromatic heterocycles. The molecule has 0 unspecified atom stereocenters. The first-order valence-electron chi connectivity index (χ1n) is 6.89. The zero-order chi connectivity index (χ0) is 15.1. The first-order chi connectivity index (χ1) is 10.2. The fraction of sp³-hybridized carbons (Fsp3) is 0.111. The van der Waals surface area contributed by atoms with Gasteiger partial charge < -0.3 is 0 Å². The number of hydrogen-bond donors (Lipinski definition) is 0. The molecule has 21 heavy (non-hydrogen) atoms. The van der Waals surface area contributed by atoms with Crippen molar-refractivity contribution in [2.45, 2.75) is 13.3 Å². The smallest absolute Gasteiger partial charge is 0.258 e. The Hall–Kier alpha value is -2.68. The molecule has 2 rings (SSSR count).